The number of fused-ring (bicyclic) bond motifs is 1. The summed E-state index contributed by atoms with van der Waals surface area (Å²) in [6.07, 6.45) is 2.62. The SMILES string of the molecule is Cc1c(C(=O)Nn2cnc3scc(-c4ccccc4)c3c2=O)cnn1-c1ccccc1F. The molecule has 9 heteroatoms. The molecule has 158 valence electrons. The molecule has 0 radical (unpaired) electrons. The first-order chi connectivity index (χ1) is 15.5. The topological polar surface area (TPSA) is 81.8 Å². The maximum atomic E-state index is 14.1. The third-order valence-electron chi connectivity index (χ3n) is 5.14. The molecule has 0 aliphatic heterocycles. The van der Waals surface area contributed by atoms with Crippen molar-refractivity contribution in [2.45, 2.75) is 6.92 Å². The second-order valence-electron chi connectivity index (χ2n) is 7.06. The molecule has 3 aromatic heterocycles. The monoisotopic (exact) mass is 445 g/mol. The van der Waals surface area contributed by atoms with Crippen molar-refractivity contribution in [3.8, 4) is 16.8 Å². The molecular weight excluding hydrogens is 429 g/mol. The molecule has 0 saturated heterocycles. The van der Waals surface area contributed by atoms with Crippen molar-refractivity contribution in [2.24, 2.45) is 0 Å². The van der Waals surface area contributed by atoms with Crippen LogP contribution < -0.4 is 11.0 Å². The van der Waals surface area contributed by atoms with E-state index in [1.165, 1.54) is 34.6 Å². The molecule has 5 rings (SSSR count). The maximum absolute atomic E-state index is 14.1. The highest BCUT2D eigenvalue weighted by Gasteiger charge is 2.19. The first-order valence-corrected chi connectivity index (χ1v) is 10.6. The normalized spacial score (nSPS) is 11.1. The van der Waals surface area contributed by atoms with Gasteiger partial charge in [0.2, 0.25) is 0 Å². The number of carbonyl (C=O) groups is 1. The van der Waals surface area contributed by atoms with Gasteiger partial charge in [0, 0.05) is 10.9 Å². The highest BCUT2D eigenvalue weighted by Crippen LogP contribution is 2.30. The van der Waals surface area contributed by atoms with Crippen LogP contribution in [0.3, 0.4) is 0 Å². The van der Waals surface area contributed by atoms with E-state index in [1.54, 1.807) is 25.1 Å². The van der Waals surface area contributed by atoms with Gasteiger partial charge in [0.15, 0.2) is 0 Å². The van der Waals surface area contributed by atoms with Crippen LogP contribution in [0.4, 0.5) is 4.39 Å². The zero-order valence-electron chi connectivity index (χ0n) is 16.8. The number of benzene rings is 2. The molecule has 5 aromatic rings. The molecular formula is C23H16FN5O2S. The summed E-state index contributed by atoms with van der Waals surface area (Å²) in [5.74, 6) is -1.01. The minimum Gasteiger partial charge on any atom is -0.267 e. The van der Waals surface area contributed by atoms with Gasteiger partial charge >= 0.3 is 0 Å². The Hall–Kier alpha value is -4.11. The van der Waals surface area contributed by atoms with Gasteiger partial charge in [-0.25, -0.2) is 18.7 Å². The summed E-state index contributed by atoms with van der Waals surface area (Å²) in [7, 11) is 0. The van der Waals surface area contributed by atoms with Crippen molar-refractivity contribution in [2.75, 3.05) is 5.43 Å². The van der Waals surface area contributed by atoms with Crippen LogP contribution in [0.15, 0.2) is 77.3 Å². The second kappa shape index (κ2) is 7.86. The summed E-state index contributed by atoms with van der Waals surface area (Å²) < 4.78 is 16.6. The van der Waals surface area contributed by atoms with Crippen LogP contribution in [0, 0.1) is 12.7 Å². The maximum Gasteiger partial charge on any atom is 0.281 e. The lowest BCUT2D eigenvalue weighted by Gasteiger charge is -2.09. The minimum atomic E-state index is -0.551. The lowest BCUT2D eigenvalue weighted by molar-refractivity contribution is 0.101. The van der Waals surface area contributed by atoms with Gasteiger partial charge in [-0.05, 0) is 24.6 Å². The number of nitrogens with one attached hydrogen (secondary N) is 1. The van der Waals surface area contributed by atoms with Crippen molar-refractivity contribution in [3.05, 3.63) is 99.9 Å². The third-order valence-corrected chi connectivity index (χ3v) is 6.02. The van der Waals surface area contributed by atoms with Gasteiger partial charge in [-0.3, -0.25) is 15.0 Å². The van der Waals surface area contributed by atoms with Crippen LogP contribution in [0.5, 0.6) is 0 Å². The number of para-hydroxylation sites is 1. The van der Waals surface area contributed by atoms with E-state index in [1.807, 2.05) is 35.7 Å². The van der Waals surface area contributed by atoms with Gasteiger partial charge in [0.1, 0.15) is 22.7 Å². The van der Waals surface area contributed by atoms with Gasteiger partial charge in [-0.2, -0.15) is 5.10 Å². The van der Waals surface area contributed by atoms with Crippen molar-refractivity contribution in [1.82, 2.24) is 19.4 Å². The number of hydrogen-bond acceptors (Lipinski definition) is 5. The predicted molar refractivity (Wildman–Crippen MR) is 121 cm³/mol. The molecule has 3 heterocycles. The Labute approximate surface area is 185 Å². The summed E-state index contributed by atoms with van der Waals surface area (Å²) in [5, 5.41) is 6.45. The highest BCUT2D eigenvalue weighted by molar-refractivity contribution is 7.17. The smallest absolute Gasteiger partial charge is 0.267 e. The first-order valence-electron chi connectivity index (χ1n) is 9.70. The predicted octanol–water partition coefficient (Wildman–Crippen LogP) is 4.14. The van der Waals surface area contributed by atoms with E-state index in [0.717, 1.165) is 15.8 Å². The van der Waals surface area contributed by atoms with E-state index >= 15 is 0 Å². The van der Waals surface area contributed by atoms with E-state index < -0.39 is 11.7 Å². The molecule has 0 fully saturated rings. The van der Waals surface area contributed by atoms with Crippen molar-refractivity contribution < 1.29 is 9.18 Å². The number of carbonyl (C=O) groups excluding carboxylic acids is 1. The lowest BCUT2D eigenvalue weighted by Crippen LogP contribution is -2.33. The average Bonchev–Trinajstić information content (AvgIpc) is 3.41. The van der Waals surface area contributed by atoms with Crippen LogP contribution >= 0.6 is 11.3 Å². The number of halogens is 1. The molecule has 32 heavy (non-hydrogen) atoms. The molecule has 0 saturated carbocycles. The molecule has 0 aliphatic carbocycles. The first kappa shape index (κ1) is 19.8. The van der Waals surface area contributed by atoms with E-state index in [4.69, 9.17) is 0 Å². The van der Waals surface area contributed by atoms with Crippen LogP contribution in [0.25, 0.3) is 27.0 Å². The Morgan fingerprint density at radius 1 is 1.09 bits per heavy atom. The zero-order valence-corrected chi connectivity index (χ0v) is 17.6. The van der Waals surface area contributed by atoms with E-state index in [2.05, 4.69) is 15.5 Å². The average molecular weight is 445 g/mol. The molecule has 0 unspecified atom stereocenters. The second-order valence-corrected chi connectivity index (χ2v) is 7.92. The van der Waals surface area contributed by atoms with Gasteiger partial charge in [0.05, 0.1) is 22.8 Å². The largest absolute Gasteiger partial charge is 0.281 e. The fraction of sp³-hybridized carbons (Fsp3) is 0.0435. The van der Waals surface area contributed by atoms with Crippen molar-refractivity contribution in [1.29, 1.82) is 0 Å². The van der Waals surface area contributed by atoms with Gasteiger partial charge in [-0.15, -0.1) is 11.3 Å². The molecule has 2 aromatic carbocycles. The van der Waals surface area contributed by atoms with Crippen LogP contribution in [0.2, 0.25) is 0 Å². The standard InChI is InChI=1S/C23H16FN5O2S/c1-14-16(11-26-29(14)19-10-6-5-9-18(19)24)21(30)27-28-13-25-22-20(23(28)31)17(12-32-22)15-7-3-2-4-8-15/h2-13H,1H3,(H,27,30). The number of nitrogens with zero attached hydrogens (tertiary/aromatic N) is 4. The van der Waals surface area contributed by atoms with E-state index in [0.29, 0.717) is 15.9 Å². The molecule has 7 nitrogen and oxygen atoms in total. The Morgan fingerprint density at radius 2 is 1.84 bits per heavy atom. The number of hydrogen-bond donors (Lipinski definition) is 1. The molecule has 1 N–H and O–H groups in total. The van der Waals surface area contributed by atoms with Gasteiger partial charge < -0.3 is 0 Å². The fourth-order valence-corrected chi connectivity index (χ4v) is 4.42. The van der Waals surface area contributed by atoms with Crippen LogP contribution in [-0.2, 0) is 0 Å². The highest BCUT2D eigenvalue weighted by atomic mass is 32.1. The fourth-order valence-electron chi connectivity index (χ4n) is 3.51. The summed E-state index contributed by atoms with van der Waals surface area (Å²) in [6, 6.07) is 15.7. The Morgan fingerprint density at radius 3 is 2.62 bits per heavy atom. The molecule has 1 amide bonds. The molecule has 0 atom stereocenters. The summed E-state index contributed by atoms with van der Waals surface area (Å²) in [4.78, 5) is 31.0. The Bertz CT molecular complexity index is 1520. The van der Waals surface area contributed by atoms with Crippen LogP contribution in [0.1, 0.15) is 16.1 Å². The van der Waals surface area contributed by atoms with E-state index in [9.17, 15) is 14.0 Å². The number of rotatable bonds is 4. The third kappa shape index (κ3) is 3.28. The number of aromatic nitrogens is 4. The summed E-state index contributed by atoms with van der Waals surface area (Å²) in [5.41, 5.74) is 4.72. The van der Waals surface area contributed by atoms with E-state index in [-0.39, 0.29) is 16.8 Å². The van der Waals surface area contributed by atoms with Crippen molar-refractivity contribution >= 4 is 27.5 Å². The molecule has 0 aliphatic rings. The Kier molecular flexibility index (Phi) is 4.87. The molecule has 0 bridgehead atoms. The number of thiophene rings is 1. The number of amides is 1. The zero-order chi connectivity index (χ0) is 22.2. The van der Waals surface area contributed by atoms with Crippen LogP contribution in [-0.4, -0.2) is 25.3 Å². The summed E-state index contributed by atoms with van der Waals surface area (Å²) >= 11 is 1.37. The van der Waals surface area contributed by atoms with Gasteiger partial charge in [0.25, 0.3) is 11.5 Å². The molecule has 0 spiro atoms. The quantitative estimate of drug-likeness (QED) is 0.451. The Balaban J connectivity index is 1.51. The minimum absolute atomic E-state index is 0.217. The summed E-state index contributed by atoms with van der Waals surface area (Å²) in [6.45, 7) is 1.66. The van der Waals surface area contributed by atoms with Crippen molar-refractivity contribution in [3.63, 3.8) is 0 Å². The lowest BCUT2D eigenvalue weighted by atomic mass is 10.1. The van der Waals surface area contributed by atoms with Gasteiger partial charge in [-0.1, -0.05) is 42.5 Å².